The van der Waals surface area contributed by atoms with E-state index in [1.807, 2.05) is 0 Å². The number of ether oxygens (including phenoxy) is 1. The van der Waals surface area contributed by atoms with Crippen molar-refractivity contribution in [2.45, 2.75) is 25.5 Å². The van der Waals surface area contributed by atoms with Crippen molar-refractivity contribution in [2.24, 2.45) is 5.92 Å². The van der Waals surface area contributed by atoms with Gasteiger partial charge in [-0.2, -0.15) is 0 Å². The third-order valence-corrected chi connectivity index (χ3v) is 2.31. The van der Waals surface area contributed by atoms with Crippen molar-refractivity contribution in [2.75, 3.05) is 13.2 Å². The summed E-state index contributed by atoms with van der Waals surface area (Å²) in [6.45, 7) is 2.13. The van der Waals surface area contributed by atoms with Crippen molar-refractivity contribution < 1.29 is 4.74 Å². The molecule has 0 aromatic carbocycles. The fraction of sp³-hybridized carbons (Fsp3) is 1.00. The van der Waals surface area contributed by atoms with Crippen LogP contribution in [0.4, 0.5) is 0 Å². The van der Waals surface area contributed by atoms with Crippen molar-refractivity contribution in [3.05, 3.63) is 0 Å². The Labute approximate surface area is 55.6 Å². The van der Waals surface area contributed by atoms with E-state index in [0.29, 0.717) is 6.23 Å². The maximum Gasteiger partial charge on any atom is 0.111 e. The first-order valence-corrected chi connectivity index (χ1v) is 3.82. The minimum Gasteiger partial charge on any atom is -0.363 e. The highest BCUT2D eigenvalue weighted by Gasteiger charge is 2.29. The van der Waals surface area contributed by atoms with Crippen LogP contribution in [0.2, 0.25) is 0 Å². The van der Waals surface area contributed by atoms with E-state index in [1.54, 1.807) is 0 Å². The molecule has 2 fully saturated rings. The summed E-state index contributed by atoms with van der Waals surface area (Å²) < 4.78 is 5.45. The topological polar surface area (TPSA) is 21.3 Å². The largest absolute Gasteiger partial charge is 0.363 e. The van der Waals surface area contributed by atoms with Crippen molar-refractivity contribution in [1.29, 1.82) is 0 Å². The Morgan fingerprint density at radius 1 is 1.33 bits per heavy atom. The predicted octanol–water partition coefficient (Wildman–Crippen LogP) is 0.732. The van der Waals surface area contributed by atoms with Crippen LogP contribution in [-0.2, 0) is 4.74 Å². The molecule has 0 bridgehead atoms. The zero-order chi connectivity index (χ0) is 6.10. The van der Waals surface area contributed by atoms with E-state index in [0.717, 1.165) is 19.1 Å². The van der Waals surface area contributed by atoms with Crippen molar-refractivity contribution in [3.63, 3.8) is 0 Å². The molecule has 2 saturated heterocycles. The number of fused-ring (bicyclic) bond motifs is 1. The number of rotatable bonds is 0. The molecule has 2 unspecified atom stereocenters. The van der Waals surface area contributed by atoms with Gasteiger partial charge in [-0.3, -0.25) is 5.32 Å². The van der Waals surface area contributed by atoms with E-state index in [4.69, 9.17) is 4.74 Å². The normalized spacial score (nSPS) is 42.7. The van der Waals surface area contributed by atoms with Gasteiger partial charge in [0.2, 0.25) is 0 Å². The van der Waals surface area contributed by atoms with Gasteiger partial charge in [-0.1, -0.05) is 0 Å². The van der Waals surface area contributed by atoms with Gasteiger partial charge in [-0.15, -0.1) is 0 Å². The standard InChI is InChI=1S/C7H13NO/c1-2-6-3-5-9-7(6)8-4-1/h6-8H,1-5H2. The lowest BCUT2D eigenvalue weighted by Crippen LogP contribution is -2.38. The van der Waals surface area contributed by atoms with Gasteiger partial charge >= 0.3 is 0 Å². The molecule has 0 amide bonds. The Kier molecular flexibility index (Phi) is 1.44. The van der Waals surface area contributed by atoms with Crippen LogP contribution < -0.4 is 5.32 Å². The lowest BCUT2D eigenvalue weighted by molar-refractivity contribution is 0.0477. The molecule has 52 valence electrons. The molecule has 9 heavy (non-hydrogen) atoms. The molecule has 2 atom stereocenters. The van der Waals surface area contributed by atoms with E-state index in [-0.39, 0.29) is 0 Å². The van der Waals surface area contributed by atoms with Crippen molar-refractivity contribution >= 4 is 0 Å². The quantitative estimate of drug-likeness (QED) is 0.518. The summed E-state index contributed by atoms with van der Waals surface area (Å²) in [5, 5.41) is 3.36. The van der Waals surface area contributed by atoms with Gasteiger partial charge in [-0.05, 0) is 25.8 Å². The molecule has 2 rings (SSSR count). The lowest BCUT2D eigenvalue weighted by atomic mass is 9.97. The molecule has 2 nitrogen and oxygen atoms in total. The molecule has 2 aliphatic heterocycles. The van der Waals surface area contributed by atoms with Crippen molar-refractivity contribution in [1.82, 2.24) is 5.32 Å². The summed E-state index contributed by atoms with van der Waals surface area (Å²) in [5.41, 5.74) is 0. The Balaban J connectivity index is 1.97. The second-order valence-corrected chi connectivity index (χ2v) is 2.94. The zero-order valence-corrected chi connectivity index (χ0v) is 5.60. The van der Waals surface area contributed by atoms with Gasteiger partial charge in [-0.25, -0.2) is 0 Å². The third-order valence-electron chi connectivity index (χ3n) is 2.31. The Morgan fingerprint density at radius 2 is 2.33 bits per heavy atom. The van der Waals surface area contributed by atoms with E-state index < -0.39 is 0 Å². The van der Waals surface area contributed by atoms with E-state index >= 15 is 0 Å². The second-order valence-electron chi connectivity index (χ2n) is 2.94. The van der Waals surface area contributed by atoms with Crippen LogP contribution in [0.3, 0.4) is 0 Å². The second kappa shape index (κ2) is 2.27. The minimum atomic E-state index is 0.416. The SMILES string of the molecule is C1CNC2OCCC2C1. The number of hydrogen-bond donors (Lipinski definition) is 1. The summed E-state index contributed by atoms with van der Waals surface area (Å²) in [6.07, 6.45) is 4.40. The van der Waals surface area contributed by atoms with Crippen molar-refractivity contribution in [3.8, 4) is 0 Å². The van der Waals surface area contributed by atoms with Crippen LogP contribution in [0.15, 0.2) is 0 Å². The highest BCUT2D eigenvalue weighted by molar-refractivity contribution is 4.78. The third kappa shape index (κ3) is 0.970. The molecule has 0 spiro atoms. The highest BCUT2D eigenvalue weighted by atomic mass is 16.5. The molecular weight excluding hydrogens is 114 g/mol. The fourth-order valence-electron chi connectivity index (χ4n) is 1.76. The molecule has 2 heterocycles. The van der Waals surface area contributed by atoms with Gasteiger partial charge in [0, 0.05) is 12.5 Å². The highest BCUT2D eigenvalue weighted by Crippen LogP contribution is 2.26. The van der Waals surface area contributed by atoms with E-state index in [2.05, 4.69) is 5.32 Å². The van der Waals surface area contributed by atoms with Gasteiger partial charge < -0.3 is 4.74 Å². The van der Waals surface area contributed by atoms with Crippen LogP contribution in [0.5, 0.6) is 0 Å². The smallest absolute Gasteiger partial charge is 0.111 e. The summed E-state index contributed by atoms with van der Waals surface area (Å²) >= 11 is 0. The number of piperidine rings is 1. The lowest BCUT2D eigenvalue weighted by Gasteiger charge is -2.24. The molecule has 0 aromatic heterocycles. The molecule has 0 aromatic rings. The monoisotopic (exact) mass is 127 g/mol. The van der Waals surface area contributed by atoms with Gasteiger partial charge in [0.05, 0.1) is 0 Å². The van der Waals surface area contributed by atoms with Crippen LogP contribution in [0, 0.1) is 5.92 Å². The van der Waals surface area contributed by atoms with Crippen LogP contribution in [0.25, 0.3) is 0 Å². The number of hydrogen-bond acceptors (Lipinski definition) is 2. The fourth-order valence-corrected chi connectivity index (χ4v) is 1.76. The average molecular weight is 127 g/mol. The number of nitrogens with one attached hydrogen (secondary N) is 1. The first kappa shape index (κ1) is 5.69. The molecule has 2 aliphatic rings. The summed E-state index contributed by atoms with van der Waals surface area (Å²) in [7, 11) is 0. The zero-order valence-electron chi connectivity index (χ0n) is 5.60. The molecule has 1 N–H and O–H groups in total. The predicted molar refractivity (Wildman–Crippen MR) is 35.1 cm³/mol. The van der Waals surface area contributed by atoms with Gasteiger partial charge in [0.1, 0.15) is 6.23 Å². The van der Waals surface area contributed by atoms with Gasteiger partial charge in [0.25, 0.3) is 0 Å². The molecule has 2 heteroatoms. The Bertz CT molecular complexity index is 93.1. The summed E-state index contributed by atoms with van der Waals surface area (Å²) in [5.74, 6) is 0.832. The van der Waals surface area contributed by atoms with Crippen LogP contribution >= 0.6 is 0 Å². The van der Waals surface area contributed by atoms with E-state index in [9.17, 15) is 0 Å². The average Bonchev–Trinajstić information content (AvgIpc) is 2.33. The Morgan fingerprint density at radius 3 is 3.22 bits per heavy atom. The van der Waals surface area contributed by atoms with Crippen LogP contribution in [-0.4, -0.2) is 19.4 Å². The minimum absolute atomic E-state index is 0.416. The maximum atomic E-state index is 5.45. The summed E-state index contributed by atoms with van der Waals surface area (Å²) in [4.78, 5) is 0. The van der Waals surface area contributed by atoms with Gasteiger partial charge in [0.15, 0.2) is 0 Å². The molecule has 0 radical (unpaired) electrons. The molecule has 0 aliphatic carbocycles. The molecular formula is C7H13NO. The first-order chi connectivity index (χ1) is 4.47. The Hall–Kier alpha value is -0.0800. The first-order valence-electron chi connectivity index (χ1n) is 3.82. The van der Waals surface area contributed by atoms with E-state index in [1.165, 1.54) is 19.3 Å². The maximum absolute atomic E-state index is 5.45. The summed E-state index contributed by atoms with van der Waals surface area (Å²) in [6, 6.07) is 0. The molecule has 0 saturated carbocycles. The van der Waals surface area contributed by atoms with Crippen LogP contribution in [0.1, 0.15) is 19.3 Å².